The second-order valence-electron chi connectivity index (χ2n) is 4.42. The third kappa shape index (κ3) is 7.03. The van der Waals surface area contributed by atoms with E-state index in [4.69, 9.17) is 5.73 Å². The van der Waals surface area contributed by atoms with Crippen LogP contribution < -0.4 is 5.73 Å². The van der Waals surface area contributed by atoms with E-state index >= 15 is 0 Å². The molecule has 0 aromatic carbocycles. The van der Waals surface area contributed by atoms with Crippen molar-refractivity contribution in [2.45, 2.75) is 33.6 Å². The fourth-order valence-corrected chi connectivity index (χ4v) is 1.56. The monoisotopic (exact) mass is 186 g/mol. The number of rotatable bonds is 7. The molecule has 0 spiro atoms. The van der Waals surface area contributed by atoms with Gasteiger partial charge < -0.3 is 10.6 Å². The molecule has 2 N–H and O–H groups in total. The molecule has 80 valence electrons. The molecule has 0 rings (SSSR count). The minimum Gasteiger partial charge on any atom is -0.330 e. The summed E-state index contributed by atoms with van der Waals surface area (Å²) < 4.78 is 0. The van der Waals surface area contributed by atoms with Gasteiger partial charge in [-0.2, -0.15) is 0 Å². The van der Waals surface area contributed by atoms with Crippen molar-refractivity contribution in [1.29, 1.82) is 0 Å². The molecule has 13 heavy (non-hydrogen) atoms. The van der Waals surface area contributed by atoms with Crippen LogP contribution in [0.3, 0.4) is 0 Å². The van der Waals surface area contributed by atoms with Crippen LogP contribution in [0.5, 0.6) is 0 Å². The zero-order valence-corrected chi connectivity index (χ0v) is 9.71. The van der Waals surface area contributed by atoms with E-state index in [1.807, 2.05) is 0 Å². The van der Waals surface area contributed by atoms with Crippen LogP contribution in [-0.4, -0.2) is 31.6 Å². The molecular weight excluding hydrogens is 160 g/mol. The zero-order chi connectivity index (χ0) is 10.3. The highest BCUT2D eigenvalue weighted by Gasteiger charge is 2.09. The Hall–Kier alpha value is -0.0800. The molecule has 0 aromatic heterocycles. The minimum atomic E-state index is 0.717. The summed E-state index contributed by atoms with van der Waals surface area (Å²) in [6, 6.07) is 0. The molecule has 0 aromatic rings. The van der Waals surface area contributed by atoms with Crippen LogP contribution in [0, 0.1) is 11.8 Å². The quantitative estimate of drug-likeness (QED) is 0.658. The minimum absolute atomic E-state index is 0.717. The Morgan fingerprint density at radius 3 is 2.31 bits per heavy atom. The van der Waals surface area contributed by atoms with Crippen LogP contribution in [-0.2, 0) is 0 Å². The lowest BCUT2D eigenvalue weighted by Crippen LogP contribution is -2.25. The van der Waals surface area contributed by atoms with Crippen LogP contribution in [0.1, 0.15) is 33.6 Å². The highest BCUT2D eigenvalue weighted by molar-refractivity contribution is 4.64. The summed E-state index contributed by atoms with van der Waals surface area (Å²) in [5.41, 5.74) is 5.73. The van der Waals surface area contributed by atoms with Gasteiger partial charge in [0.05, 0.1) is 0 Å². The highest BCUT2D eigenvalue weighted by atomic mass is 15.1. The first-order chi connectivity index (χ1) is 6.10. The fourth-order valence-electron chi connectivity index (χ4n) is 1.56. The Kier molecular flexibility index (Phi) is 7.29. The van der Waals surface area contributed by atoms with Gasteiger partial charge in [0.1, 0.15) is 0 Å². The number of nitrogens with two attached hydrogens (primary N) is 1. The molecule has 2 heteroatoms. The lowest BCUT2D eigenvalue weighted by Gasteiger charge is -2.20. The van der Waals surface area contributed by atoms with E-state index in [0.29, 0.717) is 5.92 Å². The summed E-state index contributed by atoms with van der Waals surface area (Å²) >= 11 is 0. The molecular formula is C11H26N2. The second-order valence-corrected chi connectivity index (χ2v) is 4.42. The Bertz CT molecular complexity index is 113. The van der Waals surface area contributed by atoms with Crippen molar-refractivity contribution in [2.24, 2.45) is 17.6 Å². The molecule has 0 bridgehead atoms. The van der Waals surface area contributed by atoms with Gasteiger partial charge in [-0.05, 0) is 51.4 Å². The second kappa shape index (κ2) is 7.34. The Labute approximate surface area is 83.5 Å². The van der Waals surface area contributed by atoms with Gasteiger partial charge in [0.25, 0.3) is 0 Å². The van der Waals surface area contributed by atoms with Crippen LogP contribution in [0.25, 0.3) is 0 Å². The molecule has 0 radical (unpaired) electrons. The number of nitrogens with zero attached hydrogens (tertiary/aromatic N) is 1. The summed E-state index contributed by atoms with van der Waals surface area (Å²) in [5.74, 6) is 1.49. The Morgan fingerprint density at radius 2 is 1.92 bits per heavy atom. The molecule has 1 atom stereocenters. The summed E-state index contributed by atoms with van der Waals surface area (Å²) in [7, 11) is 2.17. The SMILES string of the molecule is CCN(C)CCC(CN)CC(C)C. The summed E-state index contributed by atoms with van der Waals surface area (Å²) in [4.78, 5) is 2.35. The first-order valence-electron chi connectivity index (χ1n) is 5.48. The van der Waals surface area contributed by atoms with Crippen LogP contribution in [0.15, 0.2) is 0 Å². The van der Waals surface area contributed by atoms with Gasteiger partial charge >= 0.3 is 0 Å². The molecule has 1 unspecified atom stereocenters. The summed E-state index contributed by atoms with van der Waals surface area (Å²) in [6.45, 7) is 9.90. The Morgan fingerprint density at radius 1 is 1.31 bits per heavy atom. The molecule has 0 fully saturated rings. The predicted octanol–water partition coefficient (Wildman–Crippen LogP) is 1.95. The van der Waals surface area contributed by atoms with Crippen molar-refractivity contribution in [3.05, 3.63) is 0 Å². The van der Waals surface area contributed by atoms with Gasteiger partial charge in [0.2, 0.25) is 0 Å². The Balaban J connectivity index is 3.59. The first kappa shape index (κ1) is 12.9. The molecule has 0 aliphatic rings. The molecule has 0 saturated carbocycles. The van der Waals surface area contributed by atoms with Crippen molar-refractivity contribution < 1.29 is 0 Å². The maximum atomic E-state index is 5.73. The maximum absolute atomic E-state index is 5.73. The molecule has 0 aliphatic carbocycles. The summed E-state index contributed by atoms with van der Waals surface area (Å²) in [5, 5.41) is 0. The average Bonchev–Trinajstić information content (AvgIpc) is 2.10. The molecule has 0 saturated heterocycles. The van der Waals surface area contributed by atoms with Crippen molar-refractivity contribution in [3.63, 3.8) is 0 Å². The third-order valence-electron chi connectivity index (χ3n) is 2.60. The van der Waals surface area contributed by atoms with E-state index in [0.717, 1.165) is 19.0 Å². The van der Waals surface area contributed by atoms with E-state index in [9.17, 15) is 0 Å². The van der Waals surface area contributed by atoms with E-state index in [1.54, 1.807) is 0 Å². The molecule has 2 nitrogen and oxygen atoms in total. The first-order valence-corrected chi connectivity index (χ1v) is 5.48. The average molecular weight is 186 g/mol. The third-order valence-corrected chi connectivity index (χ3v) is 2.60. The molecule has 0 amide bonds. The fraction of sp³-hybridized carbons (Fsp3) is 1.00. The van der Waals surface area contributed by atoms with Gasteiger partial charge in [-0.25, -0.2) is 0 Å². The van der Waals surface area contributed by atoms with Gasteiger partial charge in [-0.15, -0.1) is 0 Å². The normalized spacial score (nSPS) is 14.1. The van der Waals surface area contributed by atoms with Crippen molar-refractivity contribution in [1.82, 2.24) is 4.90 Å². The smallest absolute Gasteiger partial charge is 0.00188 e. The molecule has 0 heterocycles. The zero-order valence-electron chi connectivity index (χ0n) is 9.71. The van der Waals surface area contributed by atoms with Crippen LogP contribution in [0.2, 0.25) is 0 Å². The topological polar surface area (TPSA) is 29.3 Å². The molecule has 0 aliphatic heterocycles. The van der Waals surface area contributed by atoms with Gasteiger partial charge in [-0.3, -0.25) is 0 Å². The van der Waals surface area contributed by atoms with E-state index in [1.165, 1.54) is 19.4 Å². The van der Waals surface area contributed by atoms with E-state index in [2.05, 4.69) is 32.7 Å². The van der Waals surface area contributed by atoms with Crippen molar-refractivity contribution in [2.75, 3.05) is 26.7 Å². The number of hydrogen-bond donors (Lipinski definition) is 1. The number of hydrogen-bond acceptors (Lipinski definition) is 2. The van der Waals surface area contributed by atoms with Gasteiger partial charge in [-0.1, -0.05) is 20.8 Å². The van der Waals surface area contributed by atoms with Gasteiger partial charge in [0, 0.05) is 0 Å². The highest BCUT2D eigenvalue weighted by Crippen LogP contribution is 2.14. The van der Waals surface area contributed by atoms with Crippen LogP contribution in [0.4, 0.5) is 0 Å². The van der Waals surface area contributed by atoms with E-state index < -0.39 is 0 Å². The van der Waals surface area contributed by atoms with Crippen molar-refractivity contribution in [3.8, 4) is 0 Å². The largest absolute Gasteiger partial charge is 0.330 e. The summed E-state index contributed by atoms with van der Waals surface area (Å²) in [6.07, 6.45) is 2.52. The lowest BCUT2D eigenvalue weighted by atomic mass is 9.94. The maximum Gasteiger partial charge on any atom is -0.00188 e. The predicted molar refractivity (Wildman–Crippen MR) is 59.8 cm³/mol. The van der Waals surface area contributed by atoms with Crippen LogP contribution >= 0.6 is 0 Å². The van der Waals surface area contributed by atoms with Crippen molar-refractivity contribution >= 4 is 0 Å². The van der Waals surface area contributed by atoms with E-state index in [-0.39, 0.29) is 0 Å². The lowest BCUT2D eigenvalue weighted by molar-refractivity contribution is 0.295. The standard InChI is InChI=1S/C11H26N2/c1-5-13(4)7-6-11(9-12)8-10(2)3/h10-11H,5-9,12H2,1-4H3. The van der Waals surface area contributed by atoms with Gasteiger partial charge in [0.15, 0.2) is 0 Å².